The Hall–Kier alpha value is -0.0300. The van der Waals surface area contributed by atoms with Crippen LogP contribution in [0.1, 0.15) is 29.6 Å². The number of thioether (sulfide) groups is 1. The van der Waals surface area contributed by atoms with Gasteiger partial charge in [-0.2, -0.15) is 11.8 Å². The van der Waals surface area contributed by atoms with E-state index >= 15 is 0 Å². The SMILES string of the molecule is Cc1ccc(C(CN)N2CCSC(C)(C)C2)s1. The number of hydrogen-bond acceptors (Lipinski definition) is 4. The van der Waals surface area contributed by atoms with Crippen molar-refractivity contribution in [3.8, 4) is 0 Å². The minimum Gasteiger partial charge on any atom is -0.329 e. The smallest absolute Gasteiger partial charge is 0.0565 e. The van der Waals surface area contributed by atoms with E-state index in [1.54, 1.807) is 0 Å². The van der Waals surface area contributed by atoms with Crippen LogP contribution in [0.15, 0.2) is 12.1 Å². The Morgan fingerprint density at radius 1 is 1.47 bits per heavy atom. The minimum atomic E-state index is 0.359. The first-order valence-corrected chi connectivity index (χ1v) is 7.96. The molecule has 1 saturated heterocycles. The molecule has 0 amide bonds. The number of hydrogen-bond donors (Lipinski definition) is 1. The third-order valence-corrected chi connectivity index (χ3v) is 5.61. The molecule has 1 fully saturated rings. The van der Waals surface area contributed by atoms with Crippen molar-refractivity contribution in [2.75, 3.05) is 25.4 Å². The van der Waals surface area contributed by atoms with Gasteiger partial charge in [0.2, 0.25) is 0 Å². The van der Waals surface area contributed by atoms with Crippen LogP contribution in [0.5, 0.6) is 0 Å². The Morgan fingerprint density at radius 3 is 2.76 bits per heavy atom. The maximum atomic E-state index is 5.99. The summed E-state index contributed by atoms with van der Waals surface area (Å²) >= 11 is 3.96. The quantitative estimate of drug-likeness (QED) is 0.916. The third-order valence-electron chi connectivity index (χ3n) is 3.21. The molecular formula is C13H22N2S2. The first kappa shape index (κ1) is 13.4. The lowest BCUT2D eigenvalue weighted by Gasteiger charge is -2.41. The van der Waals surface area contributed by atoms with Gasteiger partial charge in [0.25, 0.3) is 0 Å². The lowest BCUT2D eigenvalue weighted by atomic mass is 10.1. The van der Waals surface area contributed by atoms with Crippen molar-refractivity contribution in [3.63, 3.8) is 0 Å². The highest BCUT2D eigenvalue weighted by atomic mass is 32.2. The van der Waals surface area contributed by atoms with E-state index in [1.807, 2.05) is 11.3 Å². The highest BCUT2D eigenvalue weighted by molar-refractivity contribution is 8.00. The molecule has 1 aliphatic heterocycles. The van der Waals surface area contributed by atoms with Gasteiger partial charge >= 0.3 is 0 Å². The summed E-state index contributed by atoms with van der Waals surface area (Å²) in [7, 11) is 0. The molecule has 1 atom stereocenters. The molecule has 0 spiro atoms. The largest absolute Gasteiger partial charge is 0.329 e. The molecule has 0 saturated carbocycles. The summed E-state index contributed by atoms with van der Waals surface area (Å²) in [6, 6.07) is 4.85. The zero-order valence-electron chi connectivity index (χ0n) is 10.9. The van der Waals surface area contributed by atoms with Gasteiger partial charge in [0.15, 0.2) is 0 Å². The van der Waals surface area contributed by atoms with E-state index in [-0.39, 0.29) is 0 Å². The molecule has 1 aromatic rings. The van der Waals surface area contributed by atoms with E-state index in [9.17, 15) is 0 Å². The van der Waals surface area contributed by atoms with Crippen LogP contribution in [0.4, 0.5) is 0 Å². The summed E-state index contributed by atoms with van der Waals surface area (Å²) in [6.07, 6.45) is 0. The first-order valence-electron chi connectivity index (χ1n) is 6.16. The molecule has 0 aliphatic carbocycles. The summed E-state index contributed by atoms with van der Waals surface area (Å²) in [5.74, 6) is 1.22. The standard InChI is InChI=1S/C13H22N2S2/c1-10-4-5-12(17-10)11(8-14)15-6-7-16-13(2,3)9-15/h4-5,11H,6-9,14H2,1-3H3. The van der Waals surface area contributed by atoms with E-state index in [1.165, 1.54) is 15.5 Å². The van der Waals surface area contributed by atoms with Crippen molar-refractivity contribution < 1.29 is 0 Å². The van der Waals surface area contributed by atoms with Gasteiger partial charge in [-0.15, -0.1) is 11.3 Å². The summed E-state index contributed by atoms with van der Waals surface area (Å²) in [5.41, 5.74) is 5.99. The van der Waals surface area contributed by atoms with Gasteiger partial charge in [0.1, 0.15) is 0 Å². The van der Waals surface area contributed by atoms with Crippen LogP contribution in [0.2, 0.25) is 0 Å². The maximum Gasteiger partial charge on any atom is 0.0565 e. The van der Waals surface area contributed by atoms with Crippen molar-refractivity contribution in [2.45, 2.75) is 31.6 Å². The molecule has 1 aliphatic rings. The molecule has 2 N–H and O–H groups in total. The van der Waals surface area contributed by atoms with Crippen LogP contribution in [0, 0.1) is 6.92 Å². The Kier molecular flexibility index (Phi) is 4.18. The van der Waals surface area contributed by atoms with E-state index in [4.69, 9.17) is 5.73 Å². The highest BCUT2D eigenvalue weighted by Crippen LogP contribution is 2.35. The number of nitrogens with two attached hydrogens (primary N) is 1. The van der Waals surface area contributed by atoms with Crippen molar-refractivity contribution in [2.24, 2.45) is 5.73 Å². The molecule has 1 unspecified atom stereocenters. The monoisotopic (exact) mass is 270 g/mol. The van der Waals surface area contributed by atoms with E-state index in [0.717, 1.165) is 19.6 Å². The number of aryl methyl sites for hydroxylation is 1. The second-order valence-electron chi connectivity index (χ2n) is 5.28. The molecular weight excluding hydrogens is 248 g/mol. The van der Waals surface area contributed by atoms with E-state index in [0.29, 0.717) is 10.8 Å². The first-order chi connectivity index (χ1) is 8.02. The Morgan fingerprint density at radius 2 is 2.24 bits per heavy atom. The molecule has 2 heterocycles. The number of thiophene rings is 1. The summed E-state index contributed by atoms with van der Waals surface area (Å²) in [6.45, 7) is 9.84. The fourth-order valence-corrected chi connectivity index (χ4v) is 4.56. The molecule has 4 heteroatoms. The van der Waals surface area contributed by atoms with Crippen LogP contribution in [-0.2, 0) is 0 Å². The van der Waals surface area contributed by atoms with Crippen LogP contribution in [0.3, 0.4) is 0 Å². The summed E-state index contributed by atoms with van der Waals surface area (Å²) in [5, 5.41) is 0. The maximum absolute atomic E-state index is 5.99. The van der Waals surface area contributed by atoms with E-state index in [2.05, 4.69) is 49.6 Å². The molecule has 0 bridgehead atoms. The van der Waals surface area contributed by atoms with Crippen molar-refractivity contribution in [3.05, 3.63) is 21.9 Å². The van der Waals surface area contributed by atoms with Gasteiger partial charge in [-0.1, -0.05) is 0 Å². The summed E-state index contributed by atoms with van der Waals surface area (Å²) in [4.78, 5) is 5.36. The average molecular weight is 270 g/mol. The van der Waals surface area contributed by atoms with Crippen LogP contribution in [0.25, 0.3) is 0 Å². The molecule has 17 heavy (non-hydrogen) atoms. The highest BCUT2D eigenvalue weighted by Gasteiger charge is 2.31. The normalized spacial score (nSPS) is 22.6. The molecule has 2 nitrogen and oxygen atoms in total. The van der Waals surface area contributed by atoms with Gasteiger partial charge in [-0.3, -0.25) is 4.90 Å². The topological polar surface area (TPSA) is 29.3 Å². The second-order valence-corrected chi connectivity index (χ2v) is 8.40. The Labute approximate surface area is 113 Å². The van der Waals surface area contributed by atoms with Gasteiger partial charge in [-0.05, 0) is 32.9 Å². The van der Waals surface area contributed by atoms with Gasteiger partial charge in [0.05, 0.1) is 6.04 Å². The van der Waals surface area contributed by atoms with Crippen LogP contribution in [-0.4, -0.2) is 35.0 Å². The predicted octanol–water partition coefficient (Wildman–Crippen LogP) is 2.88. The number of nitrogens with zero attached hydrogens (tertiary/aromatic N) is 1. The summed E-state index contributed by atoms with van der Waals surface area (Å²) < 4.78 is 0.359. The molecule has 0 radical (unpaired) electrons. The van der Waals surface area contributed by atoms with Crippen LogP contribution < -0.4 is 5.73 Å². The fraction of sp³-hybridized carbons (Fsp3) is 0.692. The minimum absolute atomic E-state index is 0.359. The average Bonchev–Trinajstić information content (AvgIpc) is 2.64. The zero-order chi connectivity index (χ0) is 12.5. The molecule has 1 aromatic heterocycles. The van der Waals surface area contributed by atoms with Crippen molar-refractivity contribution >= 4 is 23.1 Å². The lowest BCUT2D eigenvalue weighted by molar-refractivity contribution is 0.195. The number of rotatable bonds is 3. The van der Waals surface area contributed by atoms with E-state index < -0.39 is 0 Å². The molecule has 2 rings (SSSR count). The van der Waals surface area contributed by atoms with Gasteiger partial charge < -0.3 is 5.73 Å². The van der Waals surface area contributed by atoms with Crippen molar-refractivity contribution in [1.82, 2.24) is 4.90 Å². The lowest BCUT2D eigenvalue weighted by Crippen LogP contribution is -2.46. The third kappa shape index (κ3) is 3.25. The molecule has 0 aromatic carbocycles. The van der Waals surface area contributed by atoms with Crippen molar-refractivity contribution in [1.29, 1.82) is 0 Å². The Balaban J connectivity index is 2.13. The van der Waals surface area contributed by atoms with Crippen LogP contribution >= 0.6 is 23.1 Å². The van der Waals surface area contributed by atoms with Gasteiger partial charge in [-0.25, -0.2) is 0 Å². The Bertz CT molecular complexity index is 373. The second kappa shape index (κ2) is 5.31. The fourth-order valence-electron chi connectivity index (χ4n) is 2.40. The zero-order valence-corrected chi connectivity index (χ0v) is 12.5. The van der Waals surface area contributed by atoms with Gasteiger partial charge in [0, 0.05) is 39.9 Å². The predicted molar refractivity (Wildman–Crippen MR) is 79.0 cm³/mol. The molecule has 96 valence electrons.